The Morgan fingerprint density at radius 1 is 1.33 bits per heavy atom. The van der Waals surface area contributed by atoms with Crippen LogP contribution in [0.25, 0.3) is 0 Å². The van der Waals surface area contributed by atoms with Crippen LogP contribution in [0.15, 0.2) is 46.0 Å². The molecule has 2 amide bonds. The van der Waals surface area contributed by atoms with Crippen molar-refractivity contribution in [3.8, 4) is 11.5 Å². The van der Waals surface area contributed by atoms with Crippen molar-refractivity contribution in [1.29, 1.82) is 0 Å². The van der Waals surface area contributed by atoms with Crippen LogP contribution in [0.1, 0.15) is 16.7 Å². The van der Waals surface area contributed by atoms with E-state index in [1.807, 2.05) is 31.2 Å². The second-order valence-corrected chi connectivity index (χ2v) is 5.90. The molecule has 0 radical (unpaired) electrons. The van der Waals surface area contributed by atoms with E-state index in [4.69, 9.17) is 15.2 Å². The summed E-state index contributed by atoms with van der Waals surface area (Å²) in [5.41, 5.74) is 10.1. The number of nitrogens with one attached hydrogen (secondary N) is 1. The Balaban J connectivity index is 2.15. The third kappa shape index (κ3) is 4.99. The number of nitrogens with two attached hydrogens (primary N) is 1. The fourth-order valence-electron chi connectivity index (χ4n) is 1.96. The van der Waals surface area contributed by atoms with E-state index in [1.165, 1.54) is 11.8 Å². The number of primary amides is 1. The first-order valence-electron chi connectivity index (χ1n) is 7.14. The van der Waals surface area contributed by atoms with Gasteiger partial charge in [0.25, 0.3) is 0 Å². The molecule has 0 atom stereocenters. The number of amides is 2. The van der Waals surface area contributed by atoms with Crippen LogP contribution in [0.2, 0.25) is 0 Å². The third-order valence-corrected chi connectivity index (χ3v) is 3.73. The van der Waals surface area contributed by atoms with Gasteiger partial charge in [-0.3, -0.25) is 0 Å². The fraction of sp³-hybridized carbons (Fsp3) is 0.176. The van der Waals surface area contributed by atoms with E-state index < -0.39 is 6.03 Å². The molecule has 0 aromatic heterocycles. The average Bonchev–Trinajstić information content (AvgIpc) is 2.54. The number of hydrogen-bond donors (Lipinski definition) is 2. The number of hydrogen-bond acceptors (Lipinski definition) is 4. The van der Waals surface area contributed by atoms with Crippen LogP contribution in [-0.4, -0.2) is 19.4 Å². The smallest absolute Gasteiger partial charge is 0.332 e. The number of aryl methyl sites for hydroxylation is 1. The standard InChI is InChI=1S/C17H18BrN3O3/c1-11-3-5-12(6-4-11)10-24-16-14(18)7-13(8-15(16)23-2)9-20-21-17(19)22/h3-9H,10H2,1-2H3,(H3,19,21,22)/b20-9+. The Kier molecular flexibility index (Phi) is 6.20. The predicted molar refractivity (Wildman–Crippen MR) is 96.5 cm³/mol. The maximum Gasteiger partial charge on any atom is 0.332 e. The minimum atomic E-state index is -0.727. The van der Waals surface area contributed by atoms with Crippen molar-refractivity contribution in [2.75, 3.05) is 7.11 Å². The number of urea groups is 1. The van der Waals surface area contributed by atoms with E-state index in [9.17, 15) is 4.79 Å². The number of nitrogens with zero attached hydrogens (tertiary/aromatic N) is 1. The van der Waals surface area contributed by atoms with Gasteiger partial charge in [-0.15, -0.1) is 0 Å². The molecule has 24 heavy (non-hydrogen) atoms. The molecule has 0 aliphatic rings. The zero-order valence-corrected chi connectivity index (χ0v) is 15.0. The molecule has 3 N–H and O–H groups in total. The van der Waals surface area contributed by atoms with Gasteiger partial charge in [0.05, 0.1) is 17.8 Å². The summed E-state index contributed by atoms with van der Waals surface area (Å²) in [7, 11) is 1.56. The monoisotopic (exact) mass is 391 g/mol. The summed E-state index contributed by atoms with van der Waals surface area (Å²) < 4.78 is 12.0. The summed E-state index contributed by atoms with van der Waals surface area (Å²) in [4.78, 5) is 10.6. The van der Waals surface area contributed by atoms with Gasteiger partial charge in [0.1, 0.15) is 6.61 Å². The van der Waals surface area contributed by atoms with E-state index in [0.29, 0.717) is 18.1 Å². The number of ether oxygens (including phenoxy) is 2. The van der Waals surface area contributed by atoms with Crippen LogP contribution >= 0.6 is 15.9 Å². The summed E-state index contributed by atoms with van der Waals surface area (Å²) in [6.07, 6.45) is 1.46. The van der Waals surface area contributed by atoms with E-state index in [0.717, 1.165) is 15.6 Å². The number of benzene rings is 2. The number of carbonyl (C=O) groups is 1. The molecule has 0 unspecified atom stereocenters. The normalized spacial score (nSPS) is 10.6. The molecule has 2 rings (SSSR count). The number of hydrazone groups is 1. The highest BCUT2D eigenvalue weighted by Crippen LogP contribution is 2.36. The minimum Gasteiger partial charge on any atom is -0.493 e. The van der Waals surface area contributed by atoms with Gasteiger partial charge in [0.2, 0.25) is 0 Å². The first kappa shape index (κ1) is 17.8. The van der Waals surface area contributed by atoms with E-state index in [1.54, 1.807) is 19.2 Å². The van der Waals surface area contributed by atoms with Gasteiger partial charge >= 0.3 is 6.03 Å². The summed E-state index contributed by atoms with van der Waals surface area (Å²) >= 11 is 3.47. The Morgan fingerprint density at radius 3 is 2.67 bits per heavy atom. The molecule has 0 bridgehead atoms. The molecule has 0 saturated heterocycles. The molecule has 0 saturated carbocycles. The van der Waals surface area contributed by atoms with Gasteiger partial charge in [-0.2, -0.15) is 5.10 Å². The molecule has 0 fully saturated rings. The Morgan fingerprint density at radius 2 is 2.04 bits per heavy atom. The maximum atomic E-state index is 10.6. The van der Waals surface area contributed by atoms with Crippen LogP contribution in [0.5, 0.6) is 11.5 Å². The van der Waals surface area contributed by atoms with Gasteiger partial charge in [-0.25, -0.2) is 10.2 Å². The van der Waals surface area contributed by atoms with Crippen LogP contribution in [-0.2, 0) is 6.61 Å². The second kappa shape index (κ2) is 8.35. The number of carbonyl (C=O) groups excluding carboxylic acids is 1. The quantitative estimate of drug-likeness (QED) is 0.584. The van der Waals surface area contributed by atoms with Crippen molar-refractivity contribution in [2.24, 2.45) is 10.8 Å². The molecule has 2 aromatic carbocycles. The lowest BCUT2D eigenvalue weighted by atomic mass is 10.2. The highest BCUT2D eigenvalue weighted by Gasteiger charge is 2.11. The molecular formula is C17H18BrN3O3. The van der Waals surface area contributed by atoms with E-state index >= 15 is 0 Å². The van der Waals surface area contributed by atoms with E-state index in [-0.39, 0.29) is 0 Å². The van der Waals surface area contributed by atoms with Gasteiger partial charge in [-0.05, 0) is 46.1 Å². The topological polar surface area (TPSA) is 85.9 Å². The van der Waals surface area contributed by atoms with E-state index in [2.05, 4.69) is 26.5 Å². The molecule has 0 heterocycles. The lowest BCUT2D eigenvalue weighted by molar-refractivity contribution is 0.249. The molecule has 126 valence electrons. The first-order chi connectivity index (χ1) is 11.5. The third-order valence-electron chi connectivity index (χ3n) is 3.14. The van der Waals surface area contributed by atoms with Crippen molar-refractivity contribution < 1.29 is 14.3 Å². The van der Waals surface area contributed by atoms with Crippen LogP contribution in [0.3, 0.4) is 0 Å². The van der Waals surface area contributed by atoms with Gasteiger partial charge in [-0.1, -0.05) is 29.8 Å². The van der Waals surface area contributed by atoms with Crippen LogP contribution in [0, 0.1) is 6.92 Å². The second-order valence-electron chi connectivity index (χ2n) is 5.04. The molecule has 0 aliphatic heterocycles. The number of methoxy groups -OCH3 is 1. The number of rotatable bonds is 6. The summed E-state index contributed by atoms with van der Waals surface area (Å²) in [6, 6.07) is 10.9. The van der Waals surface area contributed by atoms with Crippen LogP contribution in [0.4, 0.5) is 4.79 Å². The SMILES string of the molecule is COc1cc(/C=N/NC(N)=O)cc(Br)c1OCc1ccc(C)cc1. The zero-order chi connectivity index (χ0) is 17.5. The molecule has 6 nitrogen and oxygen atoms in total. The van der Waals surface area contributed by atoms with Crippen molar-refractivity contribution in [2.45, 2.75) is 13.5 Å². The highest BCUT2D eigenvalue weighted by atomic mass is 79.9. The van der Waals surface area contributed by atoms with Crippen molar-refractivity contribution in [3.63, 3.8) is 0 Å². The first-order valence-corrected chi connectivity index (χ1v) is 7.93. The van der Waals surface area contributed by atoms with Crippen molar-refractivity contribution >= 4 is 28.2 Å². The molecule has 7 heteroatoms. The van der Waals surface area contributed by atoms with Gasteiger partial charge in [0, 0.05) is 0 Å². The molecule has 0 spiro atoms. The number of halogens is 1. The minimum absolute atomic E-state index is 0.423. The maximum absolute atomic E-state index is 10.6. The zero-order valence-electron chi connectivity index (χ0n) is 13.4. The highest BCUT2D eigenvalue weighted by molar-refractivity contribution is 9.10. The lowest BCUT2D eigenvalue weighted by Crippen LogP contribution is -2.24. The predicted octanol–water partition coefficient (Wildman–Crippen LogP) is 3.35. The van der Waals surface area contributed by atoms with Crippen molar-refractivity contribution in [1.82, 2.24) is 5.43 Å². The van der Waals surface area contributed by atoms with Crippen molar-refractivity contribution in [3.05, 3.63) is 57.6 Å². The summed E-state index contributed by atoms with van der Waals surface area (Å²) in [6.45, 7) is 2.46. The Bertz CT molecular complexity index is 745. The largest absolute Gasteiger partial charge is 0.493 e. The molecule has 0 aliphatic carbocycles. The van der Waals surface area contributed by atoms with Crippen LogP contribution < -0.4 is 20.6 Å². The fourth-order valence-corrected chi connectivity index (χ4v) is 2.54. The summed E-state index contributed by atoms with van der Waals surface area (Å²) in [5, 5.41) is 3.72. The summed E-state index contributed by atoms with van der Waals surface area (Å²) in [5.74, 6) is 1.15. The van der Waals surface area contributed by atoms with Gasteiger partial charge in [0.15, 0.2) is 11.5 Å². The Labute approximate surface area is 148 Å². The Hall–Kier alpha value is -2.54. The van der Waals surface area contributed by atoms with Gasteiger partial charge < -0.3 is 15.2 Å². The average molecular weight is 392 g/mol. The molecular weight excluding hydrogens is 374 g/mol. The lowest BCUT2D eigenvalue weighted by Gasteiger charge is -2.13. The molecule has 2 aromatic rings.